The smallest absolute Gasteiger partial charge is 0.173 e. The van der Waals surface area contributed by atoms with Crippen molar-refractivity contribution in [2.24, 2.45) is 0 Å². The van der Waals surface area contributed by atoms with Crippen LogP contribution in [0.2, 0.25) is 0 Å². The molecule has 0 radical (unpaired) electrons. The van der Waals surface area contributed by atoms with Crippen LogP contribution in [0.5, 0.6) is 0 Å². The van der Waals surface area contributed by atoms with Crippen LogP contribution < -0.4 is 0 Å². The Morgan fingerprint density at radius 3 is 2.71 bits per heavy atom. The van der Waals surface area contributed by atoms with Gasteiger partial charge in [-0.3, -0.25) is 9.59 Å². The minimum Gasteiger partial charge on any atom is -0.483 e. The number of Topliss-reactive ketones (excluding diaryl/α,β-unsaturated/α-hetero) is 2. The topological polar surface area (TPSA) is 43.4 Å². The minimum atomic E-state index is -0.773. The molecule has 1 aliphatic heterocycles. The zero-order chi connectivity index (χ0) is 10.3. The molecule has 0 bridgehead atoms. The van der Waals surface area contributed by atoms with E-state index in [1.165, 1.54) is 6.92 Å². The standard InChI is InChI=1S/C11H14O3/c1-7(12)11(2)6-8-9(13)4-3-5-10(8)14-11/h3-6H2,1-2H3. The molecule has 0 aromatic carbocycles. The van der Waals surface area contributed by atoms with Gasteiger partial charge in [0, 0.05) is 24.8 Å². The highest BCUT2D eigenvalue weighted by Gasteiger charge is 2.43. The number of hydrogen-bond donors (Lipinski definition) is 0. The number of allylic oxidation sites excluding steroid dienone is 1. The summed E-state index contributed by atoms with van der Waals surface area (Å²) in [6.45, 7) is 3.28. The second-order valence-corrected chi connectivity index (χ2v) is 4.24. The molecule has 0 aromatic heterocycles. The molecule has 2 rings (SSSR count). The van der Waals surface area contributed by atoms with E-state index in [0.717, 1.165) is 24.2 Å². The van der Waals surface area contributed by atoms with Crippen LogP contribution in [0.25, 0.3) is 0 Å². The largest absolute Gasteiger partial charge is 0.483 e. The van der Waals surface area contributed by atoms with Gasteiger partial charge >= 0.3 is 0 Å². The third kappa shape index (κ3) is 1.27. The van der Waals surface area contributed by atoms with E-state index >= 15 is 0 Å². The average Bonchev–Trinajstić information content (AvgIpc) is 2.45. The lowest BCUT2D eigenvalue weighted by Gasteiger charge is -2.21. The molecule has 1 atom stereocenters. The molecule has 1 unspecified atom stereocenters. The van der Waals surface area contributed by atoms with Gasteiger partial charge in [-0.15, -0.1) is 0 Å². The first kappa shape index (κ1) is 9.44. The average molecular weight is 194 g/mol. The zero-order valence-corrected chi connectivity index (χ0v) is 8.55. The zero-order valence-electron chi connectivity index (χ0n) is 8.55. The van der Waals surface area contributed by atoms with Crippen molar-refractivity contribution in [3.8, 4) is 0 Å². The molecule has 0 aromatic rings. The van der Waals surface area contributed by atoms with Crippen molar-refractivity contribution in [1.29, 1.82) is 0 Å². The number of hydrogen-bond acceptors (Lipinski definition) is 3. The van der Waals surface area contributed by atoms with Gasteiger partial charge in [-0.1, -0.05) is 0 Å². The van der Waals surface area contributed by atoms with Gasteiger partial charge in [-0.05, 0) is 20.3 Å². The van der Waals surface area contributed by atoms with Gasteiger partial charge in [-0.2, -0.15) is 0 Å². The molecule has 1 aliphatic carbocycles. The SMILES string of the molecule is CC(=O)C1(C)CC2=C(CCCC2=O)O1. The normalized spacial score (nSPS) is 31.4. The van der Waals surface area contributed by atoms with Gasteiger partial charge in [0.2, 0.25) is 0 Å². The molecule has 2 aliphatic rings. The Kier molecular flexibility index (Phi) is 1.98. The summed E-state index contributed by atoms with van der Waals surface area (Å²) in [6.07, 6.45) is 2.74. The van der Waals surface area contributed by atoms with E-state index < -0.39 is 5.60 Å². The van der Waals surface area contributed by atoms with E-state index in [1.54, 1.807) is 6.92 Å². The Bertz CT molecular complexity index is 340. The predicted octanol–water partition coefficient (Wildman–Crippen LogP) is 1.76. The van der Waals surface area contributed by atoms with E-state index in [2.05, 4.69) is 0 Å². The monoisotopic (exact) mass is 194 g/mol. The lowest BCUT2D eigenvalue weighted by molar-refractivity contribution is -0.133. The maximum Gasteiger partial charge on any atom is 0.173 e. The van der Waals surface area contributed by atoms with Crippen LogP contribution in [0.1, 0.15) is 39.5 Å². The number of ether oxygens (including phenoxy) is 1. The number of carbonyl (C=O) groups is 2. The van der Waals surface area contributed by atoms with Crippen LogP contribution in [0.15, 0.2) is 11.3 Å². The van der Waals surface area contributed by atoms with Crippen molar-refractivity contribution >= 4 is 11.6 Å². The molecule has 76 valence electrons. The maximum atomic E-state index is 11.5. The molecule has 0 spiro atoms. The fourth-order valence-electron chi connectivity index (χ4n) is 2.02. The van der Waals surface area contributed by atoms with Gasteiger partial charge in [0.15, 0.2) is 17.2 Å². The number of rotatable bonds is 1. The third-order valence-electron chi connectivity index (χ3n) is 3.09. The first-order chi connectivity index (χ1) is 6.53. The number of carbonyl (C=O) groups excluding carboxylic acids is 2. The highest BCUT2D eigenvalue weighted by atomic mass is 16.5. The molecule has 0 fully saturated rings. The third-order valence-corrected chi connectivity index (χ3v) is 3.09. The van der Waals surface area contributed by atoms with Crippen molar-refractivity contribution < 1.29 is 14.3 Å². The summed E-state index contributed by atoms with van der Waals surface area (Å²) in [5, 5.41) is 0. The Morgan fingerprint density at radius 2 is 2.14 bits per heavy atom. The maximum absolute atomic E-state index is 11.5. The van der Waals surface area contributed by atoms with Crippen molar-refractivity contribution in [1.82, 2.24) is 0 Å². The van der Waals surface area contributed by atoms with Crippen LogP contribution in [0, 0.1) is 0 Å². The van der Waals surface area contributed by atoms with Crippen molar-refractivity contribution in [3.05, 3.63) is 11.3 Å². The first-order valence-corrected chi connectivity index (χ1v) is 4.98. The summed E-state index contributed by atoms with van der Waals surface area (Å²) in [5.74, 6) is 0.926. The minimum absolute atomic E-state index is 0.000278. The molecule has 3 nitrogen and oxygen atoms in total. The number of ketones is 2. The second-order valence-electron chi connectivity index (χ2n) is 4.24. The van der Waals surface area contributed by atoms with E-state index in [1.807, 2.05) is 0 Å². The highest BCUT2D eigenvalue weighted by molar-refractivity contribution is 5.99. The summed E-state index contributed by atoms with van der Waals surface area (Å²) >= 11 is 0. The van der Waals surface area contributed by atoms with Crippen LogP contribution in [0.4, 0.5) is 0 Å². The Labute approximate surface area is 83.1 Å². The van der Waals surface area contributed by atoms with E-state index in [-0.39, 0.29) is 11.6 Å². The highest BCUT2D eigenvalue weighted by Crippen LogP contribution is 2.40. The molecule has 0 saturated carbocycles. The summed E-state index contributed by atoms with van der Waals surface area (Å²) < 4.78 is 5.59. The Hall–Kier alpha value is -1.12. The molecular weight excluding hydrogens is 180 g/mol. The van der Waals surface area contributed by atoms with E-state index in [0.29, 0.717) is 12.8 Å². The van der Waals surface area contributed by atoms with Crippen molar-refractivity contribution in [3.63, 3.8) is 0 Å². The molecule has 14 heavy (non-hydrogen) atoms. The van der Waals surface area contributed by atoms with Crippen molar-refractivity contribution in [2.45, 2.75) is 45.1 Å². The van der Waals surface area contributed by atoms with Gasteiger partial charge in [0.1, 0.15) is 5.76 Å². The molecular formula is C11H14O3. The Morgan fingerprint density at radius 1 is 1.43 bits per heavy atom. The molecule has 0 saturated heterocycles. The lowest BCUT2D eigenvalue weighted by Crippen LogP contribution is -2.33. The Balaban J connectivity index is 2.27. The molecule has 0 N–H and O–H groups in total. The molecule has 1 heterocycles. The van der Waals surface area contributed by atoms with E-state index in [9.17, 15) is 9.59 Å². The summed E-state index contributed by atoms with van der Waals surface area (Å²) in [5.41, 5.74) is -0.0149. The summed E-state index contributed by atoms with van der Waals surface area (Å²) in [4.78, 5) is 22.9. The van der Waals surface area contributed by atoms with Crippen LogP contribution in [0.3, 0.4) is 0 Å². The second kappa shape index (κ2) is 2.94. The fraction of sp³-hybridized carbons (Fsp3) is 0.636. The van der Waals surface area contributed by atoms with Crippen molar-refractivity contribution in [2.75, 3.05) is 0 Å². The van der Waals surface area contributed by atoms with Gasteiger partial charge < -0.3 is 4.74 Å². The van der Waals surface area contributed by atoms with Crippen LogP contribution in [-0.2, 0) is 14.3 Å². The summed E-state index contributed by atoms with van der Waals surface area (Å²) in [6, 6.07) is 0. The van der Waals surface area contributed by atoms with E-state index in [4.69, 9.17) is 4.74 Å². The first-order valence-electron chi connectivity index (χ1n) is 4.98. The van der Waals surface area contributed by atoms with Crippen LogP contribution >= 0.6 is 0 Å². The quantitative estimate of drug-likeness (QED) is 0.638. The van der Waals surface area contributed by atoms with Gasteiger partial charge in [0.25, 0.3) is 0 Å². The summed E-state index contributed by atoms with van der Waals surface area (Å²) in [7, 11) is 0. The van der Waals surface area contributed by atoms with Crippen LogP contribution in [-0.4, -0.2) is 17.2 Å². The predicted molar refractivity (Wildman–Crippen MR) is 50.7 cm³/mol. The lowest BCUT2D eigenvalue weighted by atomic mass is 9.89. The van der Waals surface area contributed by atoms with Gasteiger partial charge in [-0.25, -0.2) is 0 Å². The fourth-order valence-corrected chi connectivity index (χ4v) is 2.02. The molecule has 0 amide bonds. The molecule has 3 heteroatoms. The van der Waals surface area contributed by atoms with Gasteiger partial charge in [0.05, 0.1) is 0 Å².